The minimum atomic E-state index is -0.475. The number of rotatable bonds is 5. The Hall–Kier alpha value is -1.73. The molecule has 0 aromatic carbocycles. The Labute approximate surface area is 171 Å². The third-order valence-electron chi connectivity index (χ3n) is 7.83. The molecule has 3 unspecified atom stereocenters. The predicted molar refractivity (Wildman–Crippen MR) is 107 cm³/mol. The lowest BCUT2D eigenvalue weighted by molar-refractivity contribution is -0.136. The van der Waals surface area contributed by atoms with Crippen LogP contribution in [0.4, 0.5) is 5.95 Å². The number of hydrogen-bond acceptors (Lipinski definition) is 6. The first-order valence-electron chi connectivity index (χ1n) is 11.3. The summed E-state index contributed by atoms with van der Waals surface area (Å²) in [6.45, 7) is 1.45. The summed E-state index contributed by atoms with van der Waals surface area (Å²) in [6.07, 6.45) is 9.76. The van der Waals surface area contributed by atoms with E-state index in [1.165, 1.54) is 0 Å². The molecular formula is C22H30N4O3. The molecule has 1 amide bonds. The molecule has 7 rings (SSSR count). The van der Waals surface area contributed by atoms with Crippen molar-refractivity contribution in [2.45, 2.75) is 75.0 Å². The van der Waals surface area contributed by atoms with E-state index in [1.807, 2.05) is 0 Å². The summed E-state index contributed by atoms with van der Waals surface area (Å²) in [5.74, 6) is 2.40. The fourth-order valence-corrected chi connectivity index (χ4v) is 6.58. The molecule has 5 saturated carbocycles. The van der Waals surface area contributed by atoms with Crippen molar-refractivity contribution in [3.05, 3.63) is 17.5 Å². The van der Waals surface area contributed by atoms with Crippen LogP contribution in [0.25, 0.3) is 0 Å². The van der Waals surface area contributed by atoms with Crippen molar-refractivity contribution in [3.63, 3.8) is 0 Å². The lowest BCUT2D eigenvalue weighted by atomic mass is 9.52. The fourth-order valence-electron chi connectivity index (χ4n) is 6.58. The van der Waals surface area contributed by atoms with Gasteiger partial charge in [0.1, 0.15) is 0 Å². The average Bonchev–Trinajstić information content (AvgIpc) is 3.40. The summed E-state index contributed by atoms with van der Waals surface area (Å²) in [4.78, 5) is 22.4. The number of nitrogens with one attached hydrogen (secondary N) is 2. The molecule has 1 aromatic heterocycles. The number of aliphatic hydroxyl groups is 1. The SMILES string of the molecule is O=C(NC1[C@@H]2CC3C[C@H]1CC(O)(C3)C2)c1cnc(N[C@@H]2CCOC2)nc1C1CC1. The topological polar surface area (TPSA) is 96.4 Å². The van der Waals surface area contributed by atoms with Gasteiger partial charge in [0.05, 0.1) is 29.5 Å². The zero-order chi connectivity index (χ0) is 19.6. The summed E-state index contributed by atoms with van der Waals surface area (Å²) < 4.78 is 5.42. The van der Waals surface area contributed by atoms with Crippen LogP contribution in [0.15, 0.2) is 6.20 Å². The molecule has 2 heterocycles. The van der Waals surface area contributed by atoms with E-state index in [0.717, 1.165) is 63.7 Å². The number of ether oxygens (including phenoxy) is 1. The second kappa shape index (κ2) is 6.64. The molecule has 29 heavy (non-hydrogen) atoms. The molecule has 1 saturated heterocycles. The number of hydrogen-bond donors (Lipinski definition) is 3. The van der Waals surface area contributed by atoms with Gasteiger partial charge in [0, 0.05) is 24.8 Å². The van der Waals surface area contributed by atoms with Crippen molar-refractivity contribution in [1.29, 1.82) is 0 Å². The van der Waals surface area contributed by atoms with Crippen LogP contribution in [0, 0.1) is 17.8 Å². The molecule has 4 bridgehead atoms. The number of anilines is 1. The average molecular weight is 399 g/mol. The van der Waals surface area contributed by atoms with Crippen molar-refractivity contribution in [2.24, 2.45) is 17.8 Å². The number of aromatic nitrogens is 2. The molecule has 1 aliphatic heterocycles. The van der Waals surface area contributed by atoms with Crippen molar-refractivity contribution < 1.29 is 14.6 Å². The van der Waals surface area contributed by atoms with Crippen LogP contribution in [0.1, 0.15) is 73.3 Å². The summed E-state index contributed by atoms with van der Waals surface area (Å²) >= 11 is 0. The number of carbonyl (C=O) groups excluding carboxylic acids is 1. The lowest BCUT2D eigenvalue weighted by Crippen LogP contribution is -2.61. The minimum Gasteiger partial charge on any atom is -0.390 e. The van der Waals surface area contributed by atoms with Gasteiger partial charge >= 0.3 is 0 Å². The van der Waals surface area contributed by atoms with Gasteiger partial charge in [-0.2, -0.15) is 0 Å². The number of nitrogens with zero attached hydrogens (tertiary/aromatic N) is 2. The second-order valence-corrected chi connectivity index (χ2v) is 10.2. The first-order chi connectivity index (χ1) is 14.1. The number of carbonyl (C=O) groups is 1. The first kappa shape index (κ1) is 18.1. The van der Waals surface area contributed by atoms with Crippen molar-refractivity contribution in [1.82, 2.24) is 15.3 Å². The van der Waals surface area contributed by atoms with E-state index < -0.39 is 5.60 Å². The normalized spacial score (nSPS) is 40.2. The summed E-state index contributed by atoms with van der Waals surface area (Å²) in [7, 11) is 0. The van der Waals surface area contributed by atoms with E-state index in [-0.39, 0.29) is 18.0 Å². The van der Waals surface area contributed by atoms with E-state index in [4.69, 9.17) is 9.72 Å². The molecule has 1 aromatic rings. The van der Waals surface area contributed by atoms with Gasteiger partial charge in [-0.25, -0.2) is 9.97 Å². The summed E-state index contributed by atoms with van der Waals surface area (Å²) in [5, 5.41) is 17.5. The third kappa shape index (κ3) is 3.32. The molecule has 156 valence electrons. The van der Waals surface area contributed by atoms with Crippen LogP contribution in [-0.4, -0.2) is 51.9 Å². The highest BCUT2D eigenvalue weighted by molar-refractivity contribution is 5.95. The van der Waals surface area contributed by atoms with Gasteiger partial charge in [-0.3, -0.25) is 4.79 Å². The Balaban J connectivity index is 1.20. The Kier molecular flexibility index (Phi) is 4.14. The van der Waals surface area contributed by atoms with Crippen LogP contribution in [0.2, 0.25) is 0 Å². The van der Waals surface area contributed by atoms with Crippen LogP contribution in [0.3, 0.4) is 0 Å². The summed E-state index contributed by atoms with van der Waals surface area (Å²) in [5.41, 5.74) is 1.05. The van der Waals surface area contributed by atoms with Crippen molar-refractivity contribution in [3.8, 4) is 0 Å². The Morgan fingerprint density at radius 2 is 1.97 bits per heavy atom. The molecular weight excluding hydrogens is 368 g/mol. The predicted octanol–water partition coefficient (Wildman–Crippen LogP) is 2.22. The van der Waals surface area contributed by atoms with Crippen LogP contribution in [-0.2, 0) is 4.74 Å². The maximum absolute atomic E-state index is 13.2. The zero-order valence-corrected chi connectivity index (χ0v) is 16.8. The highest BCUT2D eigenvalue weighted by Gasteiger charge is 2.55. The molecule has 7 nitrogen and oxygen atoms in total. The van der Waals surface area contributed by atoms with Gasteiger partial charge in [-0.1, -0.05) is 0 Å². The zero-order valence-electron chi connectivity index (χ0n) is 16.8. The van der Waals surface area contributed by atoms with Crippen LogP contribution < -0.4 is 10.6 Å². The quantitative estimate of drug-likeness (QED) is 0.704. The van der Waals surface area contributed by atoms with E-state index >= 15 is 0 Å². The fraction of sp³-hybridized carbons (Fsp3) is 0.773. The molecule has 0 radical (unpaired) electrons. The molecule has 6 aliphatic rings. The number of amides is 1. The second-order valence-electron chi connectivity index (χ2n) is 10.2. The van der Waals surface area contributed by atoms with Crippen LogP contribution >= 0.6 is 0 Å². The van der Waals surface area contributed by atoms with E-state index in [1.54, 1.807) is 6.20 Å². The van der Waals surface area contributed by atoms with Crippen molar-refractivity contribution in [2.75, 3.05) is 18.5 Å². The highest BCUT2D eigenvalue weighted by atomic mass is 16.5. The van der Waals surface area contributed by atoms with E-state index in [9.17, 15) is 9.90 Å². The summed E-state index contributed by atoms with van der Waals surface area (Å²) in [6, 6.07) is 0.431. The largest absolute Gasteiger partial charge is 0.390 e. The molecule has 6 fully saturated rings. The van der Waals surface area contributed by atoms with Gasteiger partial charge in [0.2, 0.25) is 5.95 Å². The van der Waals surface area contributed by atoms with E-state index in [0.29, 0.717) is 41.8 Å². The highest BCUT2D eigenvalue weighted by Crippen LogP contribution is 2.55. The van der Waals surface area contributed by atoms with Crippen LogP contribution in [0.5, 0.6) is 0 Å². The van der Waals surface area contributed by atoms with Gasteiger partial charge in [-0.05, 0) is 69.1 Å². The Morgan fingerprint density at radius 1 is 1.17 bits per heavy atom. The standard InChI is InChI=1S/C22H30N4O3/c27-20(25-18-14-5-12-6-15(18)9-22(28,7-12)8-14)17-10-23-21(24-16-3-4-29-11-16)26-19(17)13-1-2-13/h10,12-16,18,28H,1-9,11H2,(H,25,27)(H,23,24,26)/t12?,14-,15+,16-,18?,22?/m1/s1. The van der Waals surface area contributed by atoms with E-state index in [2.05, 4.69) is 15.6 Å². The Bertz CT molecular complexity index is 804. The van der Waals surface area contributed by atoms with Gasteiger partial charge in [0.15, 0.2) is 0 Å². The minimum absolute atomic E-state index is 0.0351. The van der Waals surface area contributed by atoms with Gasteiger partial charge in [-0.15, -0.1) is 0 Å². The van der Waals surface area contributed by atoms with Crippen molar-refractivity contribution >= 4 is 11.9 Å². The first-order valence-corrected chi connectivity index (χ1v) is 11.3. The monoisotopic (exact) mass is 398 g/mol. The maximum atomic E-state index is 13.2. The third-order valence-corrected chi connectivity index (χ3v) is 7.83. The van der Waals surface area contributed by atoms with Gasteiger partial charge in [0.25, 0.3) is 5.91 Å². The lowest BCUT2D eigenvalue weighted by Gasteiger charge is -2.58. The molecule has 3 N–H and O–H groups in total. The molecule has 0 spiro atoms. The maximum Gasteiger partial charge on any atom is 0.254 e. The Morgan fingerprint density at radius 3 is 2.62 bits per heavy atom. The smallest absolute Gasteiger partial charge is 0.254 e. The molecule has 7 heteroatoms. The van der Waals surface area contributed by atoms with Gasteiger partial charge < -0.3 is 20.5 Å². The molecule has 6 atom stereocenters. The molecule has 5 aliphatic carbocycles.